The molecule has 112 valence electrons. The zero-order valence-corrected chi connectivity index (χ0v) is 15.3. The molecule has 3 rings (SSSR count). The summed E-state index contributed by atoms with van der Waals surface area (Å²) < 4.78 is 0. The Morgan fingerprint density at radius 1 is 0.522 bits per heavy atom. The van der Waals surface area contributed by atoms with Crippen LogP contribution in [0.2, 0.25) is 0 Å². The second-order valence-electron chi connectivity index (χ2n) is 4.78. The minimum absolute atomic E-state index is 0. The molecule has 0 aromatic heterocycles. The molecule has 3 aromatic carbocycles. The fraction of sp³-hybridized carbons (Fsp3) is 0. The van der Waals surface area contributed by atoms with E-state index >= 15 is 0 Å². The quantitative estimate of drug-likeness (QED) is 0.348. The van der Waals surface area contributed by atoms with E-state index in [1.165, 1.54) is 0 Å². The van der Waals surface area contributed by atoms with E-state index in [0.717, 1.165) is 15.6 Å². The summed E-state index contributed by atoms with van der Waals surface area (Å²) in [5.41, 5.74) is 0. The zero-order valence-electron chi connectivity index (χ0n) is 12.2. The van der Waals surface area contributed by atoms with E-state index in [4.69, 9.17) is 0 Å². The Hall–Kier alpha value is -0.574. The molecule has 0 fully saturated rings. The molecule has 0 saturated carbocycles. The molecule has 0 saturated heterocycles. The molecule has 0 aliphatic rings. The summed E-state index contributed by atoms with van der Waals surface area (Å²) in [7, 11) is -3.13. The summed E-state index contributed by atoms with van der Waals surface area (Å²) in [6, 6.07) is 29.3. The van der Waals surface area contributed by atoms with Crippen LogP contribution in [0.5, 0.6) is 0 Å². The summed E-state index contributed by atoms with van der Waals surface area (Å²) >= 11 is 0. The Labute approximate surface area is 171 Å². The van der Waals surface area contributed by atoms with Crippen molar-refractivity contribution >= 4 is 64.3 Å². The van der Waals surface area contributed by atoms with Crippen molar-refractivity contribution in [2.75, 3.05) is 0 Å². The zero-order chi connectivity index (χ0) is 13.8. The Bertz CT molecular complexity index is 586. The van der Waals surface area contributed by atoms with Crippen LogP contribution in [0.25, 0.3) is 0 Å². The van der Waals surface area contributed by atoms with E-state index < -0.39 is 8.32 Å². The molecule has 23 heavy (non-hydrogen) atoms. The van der Waals surface area contributed by atoms with Crippen LogP contribution >= 0.6 is 0 Å². The Morgan fingerprint density at radius 2 is 0.739 bits per heavy atom. The third kappa shape index (κ3) is 4.71. The van der Waals surface area contributed by atoms with Crippen LogP contribution in [0.4, 0.5) is 0 Å². The van der Waals surface area contributed by atoms with Crippen molar-refractivity contribution in [1.29, 1.82) is 0 Å². The molecule has 0 amide bonds. The van der Waals surface area contributed by atoms with Crippen molar-refractivity contribution in [3.8, 4) is 0 Å². The monoisotopic (exact) mass is 364 g/mol. The number of benzene rings is 3. The van der Waals surface area contributed by atoms with Crippen LogP contribution in [0.15, 0.2) is 91.0 Å². The van der Waals surface area contributed by atoms with Crippen LogP contribution < -0.4 is 32.8 Å². The number of rotatable bonds is 3. The molecule has 0 bridgehead atoms. The maximum absolute atomic E-state index is 13.8. The van der Waals surface area contributed by atoms with Crippen LogP contribution in [0, 0.1) is 0 Å². The van der Waals surface area contributed by atoms with Gasteiger partial charge in [-0.05, 0) is 0 Å². The van der Waals surface area contributed by atoms with E-state index in [0.29, 0.717) is 0 Å². The van der Waals surface area contributed by atoms with E-state index in [-0.39, 0.29) is 52.8 Å². The number of halogens is 1. The van der Waals surface area contributed by atoms with Gasteiger partial charge in [0.15, 0.2) is 17.4 Å². The van der Waals surface area contributed by atoms with Crippen molar-refractivity contribution in [2.24, 2.45) is 0 Å². The summed E-state index contributed by atoms with van der Waals surface area (Å²) in [6.07, 6.45) is 0. The van der Waals surface area contributed by atoms with Gasteiger partial charge in [0.25, 0.3) is 0 Å². The molecule has 0 aliphatic carbocycles. The van der Waals surface area contributed by atoms with Crippen molar-refractivity contribution in [3.63, 3.8) is 0 Å². The molecule has 0 N–H and O–H groups in total. The van der Waals surface area contributed by atoms with Crippen molar-refractivity contribution in [1.82, 2.24) is 0 Å². The Balaban J connectivity index is 0.00000161. The first-order chi connectivity index (χ1) is 9.82. The van der Waals surface area contributed by atoms with Gasteiger partial charge in [-0.2, -0.15) is 0 Å². The van der Waals surface area contributed by atoms with Gasteiger partial charge >= 0.3 is 23.1 Å². The van der Waals surface area contributed by atoms with Gasteiger partial charge < -0.3 is 17.2 Å². The maximum atomic E-state index is 13.8. The largest absolute Gasteiger partial charge is 2.00 e. The van der Waals surface area contributed by atoms with Gasteiger partial charge in [0, 0.05) is 0 Å². The molecule has 0 spiro atoms. The van der Waals surface area contributed by atoms with Gasteiger partial charge in [-0.3, -0.25) is 0 Å². The number of hydrogen-bond acceptors (Lipinski definition) is 1. The van der Waals surface area contributed by atoms with Crippen LogP contribution in [-0.4, -0.2) is 48.7 Å². The second-order valence-corrected chi connectivity index (χ2v) is 7.87. The molecule has 0 atom stereocenters. The molecule has 5 heteroatoms. The van der Waals surface area contributed by atoms with Crippen LogP contribution in [-0.2, 0) is 0 Å². The molecule has 1 nitrogen and oxygen atoms in total. The average Bonchev–Trinajstić information content (AvgIpc) is 2.56. The maximum Gasteiger partial charge on any atom is 2.00 e. The summed E-state index contributed by atoms with van der Waals surface area (Å²) in [5.74, 6) is 0. The van der Waals surface area contributed by atoms with Crippen LogP contribution in [0.1, 0.15) is 0 Å². The first kappa shape index (κ1) is 22.4. The molecule has 3 aromatic rings. The predicted molar refractivity (Wildman–Crippen MR) is 99.7 cm³/mol. The van der Waals surface area contributed by atoms with Gasteiger partial charge in [-0.25, -0.2) is 0 Å². The normalized spacial score (nSPS) is 9.78. The second kappa shape index (κ2) is 10.3. The van der Waals surface area contributed by atoms with Gasteiger partial charge in [-0.15, -0.1) is 0 Å². The first-order valence-corrected chi connectivity index (χ1v) is 8.59. The fourth-order valence-electron chi connectivity index (χ4n) is 2.52. The van der Waals surface area contributed by atoms with Crippen molar-refractivity contribution in [2.45, 2.75) is 0 Å². The van der Waals surface area contributed by atoms with Crippen LogP contribution in [0.3, 0.4) is 0 Å². The molecular weight excluding hydrogens is 347 g/mol. The topological polar surface area (TPSA) is 23.1 Å². The molecule has 0 heterocycles. The molecular formula is C18H18AlClMgOSi. The Morgan fingerprint density at radius 3 is 0.957 bits per heavy atom. The summed E-state index contributed by atoms with van der Waals surface area (Å²) in [4.78, 5) is 13.8. The average molecular weight is 365 g/mol. The minimum Gasteiger partial charge on any atom is -1.00 e. The van der Waals surface area contributed by atoms with E-state index in [9.17, 15) is 4.80 Å². The third-order valence-corrected chi connectivity index (χ3v) is 6.98. The summed E-state index contributed by atoms with van der Waals surface area (Å²) in [6.45, 7) is 0. The minimum atomic E-state index is -3.13. The SMILES string of the molecule is [AlH3].[Cl-].[Mg+2].[O-][Si](c1ccccc1)(c1ccccc1)c1ccccc1. The molecule has 0 unspecified atom stereocenters. The molecule has 0 aliphatic heterocycles. The van der Waals surface area contributed by atoms with Gasteiger partial charge in [-0.1, -0.05) is 107 Å². The standard InChI is InChI=1S/C18H15OSi.Al.ClH.Mg.3H/c19-20(16-10-4-1-5-11-16,17-12-6-2-7-13-17)18-14-8-3-9-15-18;;;;;;/h1-15H;;1H;;;;/q-1;;;+2;;;/p-1. The fourth-order valence-corrected chi connectivity index (χ4v) is 5.50. The predicted octanol–water partition coefficient (Wildman–Crippen LogP) is -3.55. The number of hydrogen-bond donors (Lipinski definition) is 0. The Kier molecular flexibility index (Phi) is 10.1. The van der Waals surface area contributed by atoms with E-state index in [1.54, 1.807) is 0 Å². The van der Waals surface area contributed by atoms with E-state index in [2.05, 4.69) is 0 Å². The molecule has 0 radical (unpaired) electrons. The van der Waals surface area contributed by atoms with Gasteiger partial charge in [0.1, 0.15) is 0 Å². The van der Waals surface area contributed by atoms with Gasteiger partial charge in [0.05, 0.1) is 8.32 Å². The van der Waals surface area contributed by atoms with Crippen molar-refractivity contribution < 1.29 is 17.2 Å². The third-order valence-electron chi connectivity index (χ3n) is 3.54. The smallest absolute Gasteiger partial charge is 1.00 e. The first-order valence-electron chi connectivity index (χ1n) is 6.69. The van der Waals surface area contributed by atoms with Crippen molar-refractivity contribution in [3.05, 3.63) is 91.0 Å². The van der Waals surface area contributed by atoms with E-state index in [1.807, 2.05) is 91.0 Å². The van der Waals surface area contributed by atoms with Gasteiger partial charge in [0.2, 0.25) is 0 Å². The summed E-state index contributed by atoms with van der Waals surface area (Å²) in [5, 5.41) is 2.70.